The molecule has 1 atom stereocenters. The second kappa shape index (κ2) is 6.61. The molecule has 0 bridgehead atoms. The SMILES string of the molecule is CC(N)C1CCN(S(=O)(=O)c2ccc([N+](=O)[O-])c(Br)c2)CC1. The lowest BCUT2D eigenvalue weighted by molar-refractivity contribution is -0.385. The minimum Gasteiger partial charge on any atom is -0.328 e. The minimum atomic E-state index is -3.64. The summed E-state index contributed by atoms with van der Waals surface area (Å²) in [6.45, 7) is 2.77. The Morgan fingerprint density at radius 1 is 1.41 bits per heavy atom. The van der Waals surface area contributed by atoms with Crippen LogP contribution in [-0.2, 0) is 10.0 Å². The van der Waals surface area contributed by atoms with Crippen LogP contribution in [-0.4, -0.2) is 36.8 Å². The number of benzene rings is 1. The van der Waals surface area contributed by atoms with Crippen molar-refractivity contribution in [1.82, 2.24) is 4.31 Å². The van der Waals surface area contributed by atoms with E-state index in [2.05, 4.69) is 15.9 Å². The van der Waals surface area contributed by atoms with Crippen molar-refractivity contribution in [1.29, 1.82) is 0 Å². The molecule has 0 amide bonds. The number of nitrogens with two attached hydrogens (primary N) is 1. The van der Waals surface area contributed by atoms with E-state index in [9.17, 15) is 18.5 Å². The molecule has 1 aromatic carbocycles. The van der Waals surface area contributed by atoms with Gasteiger partial charge in [0.05, 0.1) is 14.3 Å². The maximum atomic E-state index is 12.6. The third-order valence-corrected chi connectivity index (χ3v) is 6.53. The van der Waals surface area contributed by atoms with Crippen LogP contribution in [0.15, 0.2) is 27.6 Å². The van der Waals surface area contributed by atoms with Crippen molar-refractivity contribution >= 4 is 31.6 Å². The second-order valence-electron chi connectivity index (χ2n) is 5.47. The zero-order valence-corrected chi connectivity index (χ0v) is 14.5. The standard InChI is InChI=1S/C13H18BrN3O4S/c1-9(15)10-4-6-16(7-5-10)22(20,21)11-2-3-13(17(18)19)12(14)8-11/h2-3,8-10H,4-7,15H2,1H3. The Morgan fingerprint density at radius 3 is 2.45 bits per heavy atom. The van der Waals surface area contributed by atoms with E-state index < -0.39 is 14.9 Å². The van der Waals surface area contributed by atoms with Crippen LogP contribution in [0, 0.1) is 16.0 Å². The molecule has 0 aromatic heterocycles. The monoisotopic (exact) mass is 391 g/mol. The molecular weight excluding hydrogens is 374 g/mol. The van der Waals surface area contributed by atoms with Gasteiger partial charge in [-0.1, -0.05) is 0 Å². The molecule has 0 spiro atoms. The van der Waals surface area contributed by atoms with Gasteiger partial charge in [-0.05, 0) is 53.7 Å². The number of piperidine rings is 1. The Balaban J connectivity index is 2.21. The van der Waals surface area contributed by atoms with Crippen molar-refractivity contribution in [2.75, 3.05) is 13.1 Å². The molecule has 2 rings (SSSR count). The van der Waals surface area contributed by atoms with E-state index in [0.29, 0.717) is 19.0 Å². The summed E-state index contributed by atoms with van der Waals surface area (Å²) >= 11 is 3.05. The zero-order valence-electron chi connectivity index (χ0n) is 12.1. The van der Waals surface area contributed by atoms with Gasteiger partial charge in [0.25, 0.3) is 5.69 Å². The summed E-state index contributed by atoms with van der Waals surface area (Å²) in [5, 5.41) is 10.8. The van der Waals surface area contributed by atoms with Crippen molar-refractivity contribution in [2.24, 2.45) is 11.7 Å². The molecule has 9 heteroatoms. The third-order valence-electron chi connectivity index (χ3n) is 4.00. The molecular formula is C13H18BrN3O4S. The lowest BCUT2D eigenvalue weighted by atomic mass is 9.92. The summed E-state index contributed by atoms with van der Waals surface area (Å²) in [6, 6.07) is 3.81. The Morgan fingerprint density at radius 2 is 2.00 bits per heavy atom. The van der Waals surface area contributed by atoms with E-state index in [1.54, 1.807) is 0 Å². The van der Waals surface area contributed by atoms with Crippen molar-refractivity contribution in [3.8, 4) is 0 Å². The van der Waals surface area contributed by atoms with Gasteiger partial charge < -0.3 is 5.73 Å². The van der Waals surface area contributed by atoms with Gasteiger partial charge in [-0.2, -0.15) is 4.31 Å². The van der Waals surface area contributed by atoms with Gasteiger partial charge in [0.2, 0.25) is 10.0 Å². The van der Waals surface area contributed by atoms with Crippen LogP contribution in [0.3, 0.4) is 0 Å². The number of hydrogen-bond acceptors (Lipinski definition) is 5. The fourth-order valence-electron chi connectivity index (χ4n) is 2.59. The number of nitrogens with zero attached hydrogens (tertiary/aromatic N) is 2. The highest BCUT2D eigenvalue weighted by Crippen LogP contribution is 2.30. The Hall–Kier alpha value is -1.03. The Bertz CT molecular complexity index is 670. The average molecular weight is 392 g/mol. The quantitative estimate of drug-likeness (QED) is 0.624. The first kappa shape index (κ1) is 17.3. The summed E-state index contributed by atoms with van der Waals surface area (Å²) in [6.07, 6.45) is 1.45. The van der Waals surface area contributed by atoms with Gasteiger partial charge in [0.1, 0.15) is 0 Å². The summed E-state index contributed by atoms with van der Waals surface area (Å²) in [4.78, 5) is 10.3. The molecule has 22 heavy (non-hydrogen) atoms. The number of halogens is 1. The van der Waals surface area contributed by atoms with E-state index in [1.807, 2.05) is 6.92 Å². The highest BCUT2D eigenvalue weighted by molar-refractivity contribution is 9.10. The van der Waals surface area contributed by atoms with Gasteiger partial charge >= 0.3 is 0 Å². The Kier molecular flexibility index (Phi) is 5.21. The van der Waals surface area contributed by atoms with Gasteiger partial charge in [0, 0.05) is 25.2 Å². The van der Waals surface area contributed by atoms with Crippen LogP contribution in [0.4, 0.5) is 5.69 Å². The maximum Gasteiger partial charge on any atom is 0.283 e. The van der Waals surface area contributed by atoms with Crippen LogP contribution >= 0.6 is 15.9 Å². The fourth-order valence-corrected chi connectivity index (χ4v) is 4.76. The number of sulfonamides is 1. The van der Waals surface area contributed by atoms with Crippen LogP contribution in [0.2, 0.25) is 0 Å². The fraction of sp³-hybridized carbons (Fsp3) is 0.538. The lowest BCUT2D eigenvalue weighted by Crippen LogP contribution is -2.42. The normalized spacial score (nSPS) is 19.0. The van der Waals surface area contributed by atoms with Gasteiger partial charge in [-0.3, -0.25) is 10.1 Å². The molecule has 1 unspecified atom stereocenters. The molecule has 1 fully saturated rings. The third kappa shape index (κ3) is 3.48. The average Bonchev–Trinajstić information content (AvgIpc) is 2.46. The number of nitro benzene ring substituents is 1. The number of nitro groups is 1. The topological polar surface area (TPSA) is 107 Å². The van der Waals surface area contributed by atoms with Gasteiger partial charge in [0.15, 0.2) is 0 Å². The summed E-state index contributed by atoms with van der Waals surface area (Å²) in [7, 11) is -3.64. The summed E-state index contributed by atoms with van der Waals surface area (Å²) in [5.41, 5.74) is 5.70. The van der Waals surface area contributed by atoms with Crippen molar-refractivity contribution in [3.63, 3.8) is 0 Å². The van der Waals surface area contributed by atoms with Crippen LogP contribution in [0.25, 0.3) is 0 Å². The molecule has 7 nitrogen and oxygen atoms in total. The van der Waals surface area contributed by atoms with E-state index in [4.69, 9.17) is 5.73 Å². The number of rotatable bonds is 4. The molecule has 1 aliphatic heterocycles. The van der Waals surface area contributed by atoms with E-state index in [1.165, 1.54) is 22.5 Å². The largest absolute Gasteiger partial charge is 0.328 e. The molecule has 1 heterocycles. The van der Waals surface area contributed by atoms with Crippen LogP contribution in [0.1, 0.15) is 19.8 Å². The highest BCUT2D eigenvalue weighted by atomic mass is 79.9. The number of hydrogen-bond donors (Lipinski definition) is 1. The minimum absolute atomic E-state index is 0.0540. The molecule has 0 radical (unpaired) electrons. The molecule has 0 aliphatic carbocycles. The second-order valence-corrected chi connectivity index (χ2v) is 8.26. The highest BCUT2D eigenvalue weighted by Gasteiger charge is 2.31. The molecule has 0 saturated carbocycles. The summed E-state index contributed by atoms with van der Waals surface area (Å²) in [5.74, 6) is 0.329. The molecule has 1 saturated heterocycles. The van der Waals surface area contributed by atoms with Gasteiger partial charge in [-0.15, -0.1) is 0 Å². The van der Waals surface area contributed by atoms with E-state index in [-0.39, 0.29) is 21.1 Å². The first-order valence-electron chi connectivity index (χ1n) is 6.93. The van der Waals surface area contributed by atoms with Crippen molar-refractivity contribution in [3.05, 3.63) is 32.8 Å². The first-order chi connectivity index (χ1) is 10.2. The van der Waals surface area contributed by atoms with Crippen molar-refractivity contribution < 1.29 is 13.3 Å². The molecule has 122 valence electrons. The first-order valence-corrected chi connectivity index (χ1v) is 9.16. The van der Waals surface area contributed by atoms with Crippen LogP contribution < -0.4 is 5.73 Å². The lowest BCUT2D eigenvalue weighted by Gasteiger charge is -2.32. The van der Waals surface area contributed by atoms with Gasteiger partial charge in [-0.25, -0.2) is 8.42 Å². The zero-order chi connectivity index (χ0) is 16.5. The molecule has 1 aromatic rings. The predicted molar refractivity (Wildman–Crippen MR) is 85.9 cm³/mol. The molecule has 1 aliphatic rings. The maximum absolute atomic E-state index is 12.6. The predicted octanol–water partition coefficient (Wildman–Crippen LogP) is 2.11. The smallest absolute Gasteiger partial charge is 0.283 e. The molecule has 2 N–H and O–H groups in total. The summed E-state index contributed by atoms with van der Waals surface area (Å²) < 4.78 is 26.8. The Labute approximate surface area is 137 Å². The van der Waals surface area contributed by atoms with E-state index >= 15 is 0 Å². The van der Waals surface area contributed by atoms with Crippen LogP contribution in [0.5, 0.6) is 0 Å². The van der Waals surface area contributed by atoms with Crippen molar-refractivity contribution in [2.45, 2.75) is 30.7 Å². The van der Waals surface area contributed by atoms with E-state index in [0.717, 1.165) is 12.8 Å².